The van der Waals surface area contributed by atoms with Gasteiger partial charge in [0.25, 0.3) is 0 Å². The van der Waals surface area contributed by atoms with Crippen LogP contribution in [0.5, 0.6) is 11.5 Å². The number of Topliss-reactive ketones (excluding diaryl/α,β-unsaturated/α-hetero) is 1. The monoisotopic (exact) mass is 512 g/mol. The van der Waals surface area contributed by atoms with Crippen molar-refractivity contribution < 1.29 is 19.4 Å². The number of unbranched alkanes of at least 4 members (excludes halogenated alkanes) is 2. The van der Waals surface area contributed by atoms with Crippen LogP contribution < -0.4 is 4.74 Å². The molecule has 0 radical (unpaired) electrons. The van der Waals surface area contributed by atoms with Crippen LogP contribution in [-0.2, 0) is 16.0 Å². The van der Waals surface area contributed by atoms with Gasteiger partial charge in [-0.05, 0) is 61.6 Å². The number of carbonyl (C=O) groups is 2. The van der Waals surface area contributed by atoms with Gasteiger partial charge in [0, 0.05) is 30.4 Å². The summed E-state index contributed by atoms with van der Waals surface area (Å²) >= 11 is 0. The second-order valence-electron chi connectivity index (χ2n) is 10.0. The van der Waals surface area contributed by atoms with Crippen LogP contribution in [0.1, 0.15) is 66.8 Å². The Morgan fingerprint density at radius 3 is 2.53 bits per heavy atom. The largest absolute Gasteiger partial charge is 0.503 e. The molecule has 0 unspecified atom stereocenters. The number of nitrogens with one attached hydrogen (secondary N) is 1. The van der Waals surface area contributed by atoms with Crippen LogP contribution in [0.3, 0.4) is 0 Å². The van der Waals surface area contributed by atoms with E-state index < -0.39 is 0 Å². The van der Waals surface area contributed by atoms with Crippen LogP contribution >= 0.6 is 0 Å². The lowest BCUT2D eigenvalue weighted by atomic mass is 10.0. The highest BCUT2D eigenvalue weighted by molar-refractivity contribution is 6.06. The molecule has 0 saturated heterocycles. The van der Waals surface area contributed by atoms with E-state index in [1.165, 1.54) is 35.4 Å². The smallest absolute Gasteiger partial charge is 0.182 e. The number of phenols is 1. The third-order valence-corrected chi connectivity index (χ3v) is 6.72. The number of aromatic nitrogens is 2. The van der Waals surface area contributed by atoms with Crippen molar-refractivity contribution in [2.24, 2.45) is 0 Å². The fourth-order valence-corrected chi connectivity index (χ4v) is 4.91. The molecule has 2 N–H and O–H groups in total. The number of H-pyrrole nitrogens is 1. The maximum atomic E-state index is 12.4. The molecule has 0 amide bonds. The van der Waals surface area contributed by atoms with Gasteiger partial charge in [0.2, 0.25) is 0 Å². The number of carbonyl (C=O) groups excluding carboxylic acids is 2. The van der Waals surface area contributed by atoms with Crippen LogP contribution in [-0.4, -0.2) is 33.3 Å². The summed E-state index contributed by atoms with van der Waals surface area (Å²) in [5, 5.41) is 12.0. The molecule has 0 aliphatic carbocycles. The molecular weight excluding hydrogens is 476 g/mol. The first kappa shape index (κ1) is 27.0. The SMILES string of the molecule is CCCCCC(=O)CC(=O)C=Cc1cc(OC)c(O)c(-n2cc3[nH]cc(Cc4cc(C)cc(C)c4)c3c2)c1. The van der Waals surface area contributed by atoms with E-state index in [1.807, 2.05) is 23.2 Å². The average molecular weight is 513 g/mol. The van der Waals surface area contributed by atoms with Crippen molar-refractivity contribution in [1.29, 1.82) is 0 Å². The predicted molar refractivity (Wildman–Crippen MR) is 152 cm³/mol. The number of ether oxygens (including phenoxy) is 1. The number of aryl methyl sites for hydroxylation is 2. The Hall–Kier alpha value is -4.06. The number of phenolic OH excluding ortho intramolecular Hbond substituents is 1. The molecule has 6 nitrogen and oxygen atoms in total. The van der Waals surface area contributed by atoms with E-state index >= 15 is 0 Å². The van der Waals surface area contributed by atoms with E-state index in [1.54, 1.807) is 18.2 Å². The minimum Gasteiger partial charge on any atom is -0.503 e. The number of aromatic hydroxyl groups is 1. The number of fused-ring (bicyclic) bond motifs is 1. The average Bonchev–Trinajstić information content (AvgIpc) is 3.44. The maximum absolute atomic E-state index is 12.4. The number of methoxy groups -OCH3 is 1. The zero-order valence-electron chi connectivity index (χ0n) is 22.6. The second kappa shape index (κ2) is 12.0. The number of hydrogen-bond donors (Lipinski definition) is 2. The van der Waals surface area contributed by atoms with Gasteiger partial charge in [-0.1, -0.05) is 55.2 Å². The summed E-state index contributed by atoms with van der Waals surface area (Å²) in [7, 11) is 1.49. The molecule has 0 fully saturated rings. The Morgan fingerprint density at radius 2 is 1.82 bits per heavy atom. The van der Waals surface area contributed by atoms with Crippen molar-refractivity contribution in [3.05, 3.63) is 82.8 Å². The molecule has 4 rings (SSSR count). The summed E-state index contributed by atoms with van der Waals surface area (Å²) < 4.78 is 7.27. The van der Waals surface area contributed by atoms with Gasteiger partial charge in [0.05, 0.1) is 24.7 Å². The van der Waals surface area contributed by atoms with Crippen molar-refractivity contribution in [2.75, 3.05) is 7.11 Å². The fourth-order valence-electron chi connectivity index (χ4n) is 4.91. The summed E-state index contributed by atoms with van der Waals surface area (Å²) in [5.41, 5.74) is 7.08. The normalized spacial score (nSPS) is 11.5. The predicted octanol–water partition coefficient (Wildman–Crippen LogP) is 7.00. The van der Waals surface area contributed by atoms with Crippen LogP contribution in [0.2, 0.25) is 0 Å². The summed E-state index contributed by atoms with van der Waals surface area (Å²) in [6, 6.07) is 10.0. The molecule has 2 aromatic heterocycles. The molecule has 2 heterocycles. The Balaban J connectivity index is 1.58. The van der Waals surface area contributed by atoms with Crippen LogP contribution in [0.15, 0.2) is 55.0 Å². The first-order chi connectivity index (χ1) is 18.3. The van der Waals surface area contributed by atoms with Gasteiger partial charge < -0.3 is 19.4 Å². The summed E-state index contributed by atoms with van der Waals surface area (Å²) in [6.07, 6.45) is 13.0. The second-order valence-corrected chi connectivity index (χ2v) is 10.0. The van der Waals surface area contributed by atoms with Crippen molar-refractivity contribution in [3.63, 3.8) is 0 Å². The number of allylic oxidation sites excluding steroid dienone is 1. The minimum absolute atomic E-state index is 0.00981. The van der Waals surface area contributed by atoms with Gasteiger partial charge in [-0.25, -0.2) is 0 Å². The Bertz CT molecular complexity index is 1470. The summed E-state index contributed by atoms with van der Waals surface area (Å²) in [5.74, 6) is 0.0511. The summed E-state index contributed by atoms with van der Waals surface area (Å²) in [6.45, 7) is 6.30. The number of hydrogen-bond acceptors (Lipinski definition) is 4. The van der Waals surface area contributed by atoms with E-state index in [9.17, 15) is 14.7 Å². The van der Waals surface area contributed by atoms with Gasteiger partial charge in [-0.2, -0.15) is 0 Å². The first-order valence-electron chi connectivity index (χ1n) is 13.2. The number of benzene rings is 2. The molecule has 0 atom stereocenters. The van der Waals surface area contributed by atoms with Crippen LogP contribution in [0.4, 0.5) is 0 Å². The fraction of sp³-hybridized carbons (Fsp3) is 0.312. The molecule has 0 aliphatic rings. The van der Waals surface area contributed by atoms with Crippen molar-refractivity contribution in [3.8, 4) is 17.2 Å². The van der Waals surface area contributed by atoms with E-state index in [0.29, 0.717) is 23.4 Å². The molecule has 38 heavy (non-hydrogen) atoms. The molecule has 198 valence electrons. The quantitative estimate of drug-likeness (QED) is 0.122. The van der Waals surface area contributed by atoms with E-state index in [-0.39, 0.29) is 23.7 Å². The van der Waals surface area contributed by atoms with Gasteiger partial charge >= 0.3 is 0 Å². The summed E-state index contributed by atoms with van der Waals surface area (Å²) in [4.78, 5) is 27.7. The van der Waals surface area contributed by atoms with Crippen molar-refractivity contribution in [1.82, 2.24) is 9.55 Å². The third kappa shape index (κ3) is 6.43. The van der Waals surface area contributed by atoms with Gasteiger partial charge in [0.15, 0.2) is 17.3 Å². The molecule has 6 heteroatoms. The molecule has 0 spiro atoms. The molecule has 4 aromatic rings. The molecule has 2 aromatic carbocycles. The Labute approximate surface area is 224 Å². The van der Waals surface area contributed by atoms with Crippen molar-refractivity contribution >= 4 is 28.5 Å². The lowest BCUT2D eigenvalue weighted by molar-refractivity contribution is -0.124. The van der Waals surface area contributed by atoms with Crippen LogP contribution in [0, 0.1) is 13.8 Å². The van der Waals surface area contributed by atoms with Crippen LogP contribution in [0.25, 0.3) is 22.7 Å². The number of ketones is 2. The van der Waals surface area contributed by atoms with E-state index in [2.05, 4.69) is 44.0 Å². The number of aromatic amines is 1. The van der Waals surface area contributed by atoms with Crippen molar-refractivity contribution in [2.45, 2.75) is 59.3 Å². The molecular formula is C32H36N2O4. The zero-order valence-corrected chi connectivity index (χ0v) is 22.6. The lowest BCUT2D eigenvalue weighted by Crippen LogP contribution is -2.05. The topological polar surface area (TPSA) is 84.3 Å². The van der Waals surface area contributed by atoms with E-state index in [0.717, 1.165) is 36.6 Å². The maximum Gasteiger partial charge on any atom is 0.182 e. The van der Waals surface area contributed by atoms with Gasteiger partial charge in [0.1, 0.15) is 5.78 Å². The Morgan fingerprint density at radius 1 is 1.05 bits per heavy atom. The highest BCUT2D eigenvalue weighted by Crippen LogP contribution is 2.36. The standard InChI is InChI=1S/C32H36N2O4/c1-5-6-7-8-26(35)17-27(36)10-9-23-15-30(32(37)31(16-23)38-4)34-19-28-25(18-33-29(28)20-34)14-24-12-21(2)11-22(3)13-24/h9-13,15-16,18-20,33,37H,5-8,14,17H2,1-4H3. The molecule has 0 aliphatic heterocycles. The highest BCUT2D eigenvalue weighted by atomic mass is 16.5. The minimum atomic E-state index is -0.231. The third-order valence-electron chi connectivity index (χ3n) is 6.72. The zero-order chi connectivity index (χ0) is 27.2. The van der Waals surface area contributed by atoms with Gasteiger partial charge in [-0.15, -0.1) is 0 Å². The molecule has 0 bridgehead atoms. The number of nitrogens with zero attached hydrogens (tertiary/aromatic N) is 1. The highest BCUT2D eigenvalue weighted by Gasteiger charge is 2.15. The van der Waals surface area contributed by atoms with E-state index in [4.69, 9.17) is 4.74 Å². The lowest BCUT2D eigenvalue weighted by Gasteiger charge is -2.12. The Kier molecular flexibility index (Phi) is 8.52. The van der Waals surface area contributed by atoms with Gasteiger partial charge in [-0.3, -0.25) is 9.59 Å². The first-order valence-corrected chi connectivity index (χ1v) is 13.2. The molecule has 0 saturated carbocycles. The number of rotatable bonds is 12.